The van der Waals surface area contributed by atoms with Gasteiger partial charge < -0.3 is 9.73 Å². The van der Waals surface area contributed by atoms with Crippen molar-refractivity contribution in [2.45, 2.75) is 17.4 Å². The van der Waals surface area contributed by atoms with Gasteiger partial charge in [-0.3, -0.25) is 9.69 Å². The van der Waals surface area contributed by atoms with Crippen LogP contribution in [0.15, 0.2) is 33.9 Å². The van der Waals surface area contributed by atoms with E-state index in [9.17, 15) is 14.0 Å². The summed E-state index contributed by atoms with van der Waals surface area (Å²) >= 11 is 1.03. The molecule has 1 fully saturated rings. The van der Waals surface area contributed by atoms with Gasteiger partial charge in [0, 0.05) is 13.1 Å². The molecule has 1 aromatic heterocycles. The van der Waals surface area contributed by atoms with Gasteiger partial charge in [0.2, 0.25) is 5.91 Å². The zero-order valence-electron chi connectivity index (χ0n) is 12.2. The Morgan fingerprint density at radius 1 is 1.43 bits per heavy atom. The summed E-state index contributed by atoms with van der Waals surface area (Å²) in [6.07, 6.45) is 0. The number of nitrogens with zero attached hydrogens (tertiary/aromatic N) is 3. The fourth-order valence-corrected chi connectivity index (χ4v) is 2.85. The lowest BCUT2D eigenvalue weighted by Crippen LogP contribution is -2.38. The molecule has 120 valence electrons. The fraction of sp³-hybridized carbons (Fsp3) is 0.286. The van der Waals surface area contributed by atoms with Crippen LogP contribution in [0, 0.1) is 5.82 Å². The van der Waals surface area contributed by atoms with Crippen molar-refractivity contribution < 1.29 is 18.4 Å². The number of hydrogen-bond acceptors (Lipinski definition) is 6. The Morgan fingerprint density at radius 2 is 2.22 bits per heavy atom. The minimum atomic E-state index is -0.576. The number of carbonyl (C=O) groups excluding carboxylic acids is 2. The summed E-state index contributed by atoms with van der Waals surface area (Å²) in [7, 11) is 0. The molecule has 1 saturated heterocycles. The van der Waals surface area contributed by atoms with E-state index < -0.39 is 17.1 Å². The lowest BCUT2D eigenvalue weighted by atomic mass is 10.2. The Labute approximate surface area is 135 Å². The Bertz CT molecular complexity index is 751. The fourth-order valence-electron chi connectivity index (χ4n) is 2.10. The monoisotopic (exact) mass is 336 g/mol. The molecule has 3 amide bonds. The Morgan fingerprint density at radius 3 is 2.91 bits per heavy atom. The van der Waals surface area contributed by atoms with Crippen LogP contribution in [0.1, 0.15) is 6.92 Å². The highest BCUT2D eigenvalue weighted by Crippen LogP contribution is 2.28. The van der Waals surface area contributed by atoms with Crippen molar-refractivity contribution in [3.63, 3.8) is 0 Å². The van der Waals surface area contributed by atoms with Crippen LogP contribution in [0.25, 0.3) is 11.5 Å². The number of amides is 3. The van der Waals surface area contributed by atoms with Crippen LogP contribution in [0.5, 0.6) is 0 Å². The second-order valence-corrected chi connectivity index (χ2v) is 6.13. The molecule has 1 aliphatic heterocycles. The van der Waals surface area contributed by atoms with Gasteiger partial charge in [-0.2, -0.15) is 0 Å². The van der Waals surface area contributed by atoms with Gasteiger partial charge in [0.1, 0.15) is 5.82 Å². The number of hydrogen-bond donors (Lipinski definition) is 1. The number of imide groups is 1. The molecule has 0 radical (unpaired) electrons. The van der Waals surface area contributed by atoms with Crippen LogP contribution >= 0.6 is 11.8 Å². The molecule has 0 bridgehead atoms. The summed E-state index contributed by atoms with van der Waals surface area (Å²) in [6, 6.07) is 5.64. The van der Waals surface area contributed by atoms with E-state index in [4.69, 9.17) is 4.42 Å². The van der Waals surface area contributed by atoms with Crippen molar-refractivity contribution in [2.24, 2.45) is 0 Å². The van der Waals surface area contributed by atoms with Crippen molar-refractivity contribution >= 4 is 23.7 Å². The molecule has 1 atom stereocenters. The third-order valence-corrected chi connectivity index (χ3v) is 4.18. The van der Waals surface area contributed by atoms with E-state index in [2.05, 4.69) is 15.5 Å². The number of thioether (sulfide) groups is 1. The standard InChI is InChI=1S/C14H13FN4O3S/c1-8(12(20)19-7-6-16-13(19)21)23-14-18-17-11(22-14)9-4-2-3-5-10(9)15/h2-5,8H,6-7H2,1H3,(H,16,21)/t8-/m1/s1. The van der Waals surface area contributed by atoms with E-state index in [0.29, 0.717) is 13.1 Å². The largest absolute Gasteiger partial charge is 0.411 e. The first-order valence-electron chi connectivity index (χ1n) is 6.90. The van der Waals surface area contributed by atoms with Crippen LogP contribution in [0.3, 0.4) is 0 Å². The molecule has 1 aromatic carbocycles. The molecule has 0 spiro atoms. The van der Waals surface area contributed by atoms with Gasteiger partial charge >= 0.3 is 6.03 Å². The van der Waals surface area contributed by atoms with Crippen LogP contribution in [-0.4, -0.2) is 45.4 Å². The van der Waals surface area contributed by atoms with Gasteiger partial charge in [-0.25, -0.2) is 9.18 Å². The highest BCUT2D eigenvalue weighted by atomic mass is 32.2. The maximum absolute atomic E-state index is 13.7. The van der Waals surface area contributed by atoms with Crippen LogP contribution < -0.4 is 5.32 Å². The number of rotatable bonds is 4. The molecule has 0 aliphatic carbocycles. The van der Waals surface area contributed by atoms with Gasteiger partial charge in [-0.15, -0.1) is 10.2 Å². The number of nitrogens with one attached hydrogen (secondary N) is 1. The van der Waals surface area contributed by atoms with Crippen molar-refractivity contribution in [3.05, 3.63) is 30.1 Å². The maximum atomic E-state index is 13.7. The van der Waals surface area contributed by atoms with Crippen LogP contribution in [0.4, 0.5) is 9.18 Å². The number of halogens is 1. The first kappa shape index (κ1) is 15.5. The third-order valence-electron chi connectivity index (χ3n) is 3.26. The highest BCUT2D eigenvalue weighted by molar-refractivity contribution is 8.00. The summed E-state index contributed by atoms with van der Waals surface area (Å²) in [5, 5.41) is 9.73. The molecule has 0 saturated carbocycles. The molecular weight excluding hydrogens is 323 g/mol. The maximum Gasteiger partial charge on any atom is 0.324 e. The normalized spacial score (nSPS) is 15.6. The highest BCUT2D eigenvalue weighted by Gasteiger charge is 2.31. The van der Waals surface area contributed by atoms with Crippen LogP contribution in [-0.2, 0) is 4.79 Å². The van der Waals surface area contributed by atoms with E-state index in [0.717, 1.165) is 16.7 Å². The summed E-state index contributed by atoms with van der Waals surface area (Å²) in [5.41, 5.74) is 0.199. The molecule has 3 rings (SSSR count). The summed E-state index contributed by atoms with van der Waals surface area (Å²) in [5.74, 6) is -0.759. The van der Waals surface area contributed by atoms with Gasteiger partial charge in [0.25, 0.3) is 11.1 Å². The number of benzene rings is 1. The zero-order valence-corrected chi connectivity index (χ0v) is 13.0. The molecule has 7 nitrogen and oxygen atoms in total. The van der Waals surface area contributed by atoms with Crippen molar-refractivity contribution in [1.82, 2.24) is 20.4 Å². The molecule has 9 heteroatoms. The molecule has 1 N–H and O–H groups in total. The lowest BCUT2D eigenvalue weighted by molar-refractivity contribution is -0.126. The smallest absolute Gasteiger partial charge is 0.324 e. The van der Waals surface area contributed by atoms with E-state index in [1.54, 1.807) is 19.1 Å². The predicted octanol–water partition coefficient (Wildman–Crippen LogP) is 1.91. The molecule has 2 aromatic rings. The average molecular weight is 336 g/mol. The topological polar surface area (TPSA) is 88.3 Å². The molecular formula is C14H13FN4O3S. The first-order chi connectivity index (χ1) is 11.1. The van der Waals surface area contributed by atoms with Crippen molar-refractivity contribution in [1.29, 1.82) is 0 Å². The minimum Gasteiger partial charge on any atom is -0.411 e. The van der Waals surface area contributed by atoms with Crippen LogP contribution in [0.2, 0.25) is 0 Å². The second-order valence-electron chi connectivity index (χ2n) is 4.83. The minimum absolute atomic E-state index is 0.0455. The molecule has 23 heavy (non-hydrogen) atoms. The molecule has 2 heterocycles. The Hall–Kier alpha value is -2.42. The van der Waals surface area contributed by atoms with Gasteiger partial charge in [-0.1, -0.05) is 23.9 Å². The first-order valence-corrected chi connectivity index (χ1v) is 7.78. The Balaban J connectivity index is 1.70. The second kappa shape index (κ2) is 6.37. The molecule has 1 aliphatic rings. The third kappa shape index (κ3) is 3.19. The SMILES string of the molecule is C[C@@H](Sc1nnc(-c2ccccc2F)o1)C(=O)N1CCNC1=O. The van der Waals surface area contributed by atoms with Gasteiger partial charge in [0.05, 0.1) is 10.8 Å². The summed E-state index contributed by atoms with van der Waals surface area (Å²) in [6.45, 7) is 2.43. The van der Waals surface area contributed by atoms with Gasteiger partial charge in [-0.05, 0) is 19.1 Å². The van der Waals surface area contributed by atoms with E-state index in [1.807, 2.05) is 0 Å². The Kier molecular flexibility index (Phi) is 4.28. The average Bonchev–Trinajstić information content (AvgIpc) is 3.16. The quantitative estimate of drug-likeness (QED) is 0.858. The van der Waals surface area contributed by atoms with Gasteiger partial charge in [0.15, 0.2) is 0 Å². The number of carbonyl (C=O) groups is 2. The van der Waals surface area contributed by atoms with E-state index in [1.165, 1.54) is 12.1 Å². The molecule has 0 unspecified atom stereocenters. The number of aromatic nitrogens is 2. The zero-order chi connectivity index (χ0) is 16.4. The summed E-state index contributed by atoms with van der Waals surface area (Å²) in [4.78, 5) is 24.8. The summed E-state index contributed by atoms with van der Waals surface area (Å²) < 4.78 is 19.1. The van der Waals surface area contributed by atoms with E-state index >= 15 is 0 Å². The number of urea groups is 1. The lowest BCUT2D eigenvalue weighted by Gasteiger charge is -2.15. The van der Waals surface area contributed by atoms with Crippen molar-refractivity contribution in [2.75, 3.05) is 13.1 Å². The van der Waals surface area contributed by atoms with E-state index in [-0.39, 0.29) is 22.6 Å². The predicted molar refractivity (Wildman–Crippen MR) is 80.1 cm³/mol. The van der Waals surface area contributed by atoms with Crippen molar-refractivity contribution in [3.8, 4) is 11.5 Å².